The third-order valence-corrected chi connectivity index (χ3v) is 4.70. The van der Waals surface area contributed by atoms with E-state index in [2.05, 4.69) is 21.9 Å². The number of aromatic nitrogens is 3. The highest BCUT2D eigenvalue weighted by Gasteiger charge is 2.14. The number of ether oxygens (including phenoxy) is 1. The van der Waals surface area contributed by atoms with Crippen LogP contribution in [-0.4, -0.2) is 33.3 Å². The molecule has 1 amide bonds. The minimum absolute atomic E-state index is 0.0833. The molecular weight excluding hydrogens is 364 g/mol. The highest BCUT2D eigenvalue weighted by atomic mass is 32.2. The Morgan fingerprint density at radius 1 is 1.33 bits per heavy atom. The maximum atomic E-state index is 12.3. The van der Waals surface area contributed by atoms with Crippen molar-refractivity contribution in [2.75, 3.05) is 18.2 Å². The van der Waals surface area contributed by atoms with Crippen molar-refractivity contribution in [1.29, 1.82) is 0 Å². The van der Waals surface area contributed by atoms with Crippen LogP contribution in [0.15, 0.2) is 65.2 Å². The van der Waals surface area contributed by atoms with Crippen molar-refractivity contribution in [2.24, 2.45) is 0 Å². The largest absolute Gasteiger partial charge is 0.495 e. The third-order valence-electron chi connectivity index (χ3n) is 3.73. The summed E-state index contributed by atoms with van der Waals surface area (Å²) in [5.74, 6) is 0.428. The molecule has 2 aromatic heterocycles. The van der Waals surface area contributed by atoms with E-state index in [0.717, 1.165) is 0 Å². The second-order valence-corrected chi connectivity index (χ2v) is 6.45. The molecule has 0 aliphatic rings. The van der Waals surface area contributed by atoms with Crippen molar-refractivity contribution in [2.45, 2.75) is 11.7 Å². The number of nitrogens with one attached hydrogen (secondary N) is 1. The van der Waals surface area contributed by atoms with Gasteiger partial charge in [-0.1, -0.05) is 30.0 Å². The Balaban J connectivity index is 1.82. The molecule has 3 rings (SSSR count). The summed E-state index contributed by atoms with van der Waals surface area (Å²) in [6.45, 7) is 4.17. The van der Waals surface area contributed by atoms with E-state index in [1.807, 2.05) is 12.1 Å². The van der Waals surface area contributed by atoms with Crippen LogP contribution < -0.4 is 15.6 Å². The van der Waals surface area contributed by atoms with Gasteiger partial charge in [0.25, 0.3) is 5.56 Å². The molecule has 0 atom stereocenters. The summed E-state index contributed by atoms with van der Waals surface area (Å²) in [6, 6.07) is 10.5. The second-order valence-electron chi connectivity index (χ2n) is 5.51. The molecule has 0 unspecified atom stereocenters. The molecule has 0 bridgehead atoms. The molecule has 1 aromatic carbocycles. The first kappa shape index (κ1) is 18.7. The van der Waals surface area contributed by atoms with Gasteiger partial charge in [-0.25, -0.2) is 4.98 Å². The topological polar surface area (TPSA) is 86.1 Å². The molecule has 27 heavy (non-hydrogen) atoms. The normalized spacial score (nSPS) is 10.6. The number of hydrogen-bond acceptors (Lipinski definition) is 6. The van der Waals surface area contributed by atoms with Gasteiger partial charge in [-0.3, -0.25) is 9.59 Å². The van der Waals surface area contributed by atoms with Crippen LogP contribution in [0.2, 0.25) is 0 Å². The van der Waals surface area contributed by atoms with E-state index >= 15 is 0 Å². The maximum Gasteiger partial charge on any atom is 0.283 e. The minimum Gasteiger partial charge on any atom is -0.495 e. The van der Waals surface area contributed by atoms with Gasteiger partial charge in [0.2, 0.25) is 5.91 Å². The van der Waals surface area contributed by atoms with Crippen LogP contribution in [-0.2, 0) is 11.3 Å². The first-order chi connectivity index (χ1) is 13.1. The lowest BCUT2D eigenvalue weighted by Gasteiger charge is -2.13. The van der Waals surface area contributed by atoms with Gasteiger partial charge in [0, 0.05) is 12.7 Å². The zero-order valence-electron chi connectivity index (χ0n) is 14.7. The summed E-state index contributed by atoms with van der Waals surface area (Å²) in [4.78, 5) is 33.0. The fourth-order valence-corrected chi connectivity index (χ4v) is 3.34. The number of hydrogen-bond donors (Lipinski definition) is 1. The maximum absolute atomic E-state index is 12.3. The van der Waals surface area contributed by atoms with Crippen molar-refractivity contribution in [1.82, 2.24) is 14.5 Å². The van der Waals surface area contributed by atoms with Gasteiger partial charge in [-0.15, -0.1) is 6.58 Å². The molecule has 0 saturated carbocycles. The van der Waals surface area contributed by atoms with Crippen LogP contribution in [0.3, 0.4) is 0 Å². The molecule has 1 N–H and O–H groups in total. The molecule has 0 fully saturated rings. The first-order valence-electron chi connectivity index (χ1n) is 8.16. The van der Waals surface area contributed by atoms with Gasteiger partial charge in [0.05, 0.1) is 23.9 Å². The van der Waals surface area contributed by atoms with Crippen LogP contribution in [0.25, 0.3) is 11.0 Å². The van der Waals surface area contributed by atoms with Gasteiger partial charge in [0.15, 0.2) is 5.16 Å². The smallest absolute Gasteiger partial charge is 0.283 e. The predicted molar refractivity (Wildman–Crippen MR) is 106 cm³/mol. The standard InChI is InChI=1S/C19H18N4O3S/c1-3-11-23-17-13(7-6-10-20-17)18(25)22-19(23)27-12-16(24)21-14-8-4-5-9-15(14)26-2/h3-10H,1,11-12H2,2H3,(H,21,24). The monoisotopic (exact) mass is 382 g/mol. The Bertz CT molecular complexity index is 1050. The van der Waals surface area contributed by atoms with Gasteiger partial charge < -0.3 is 14.6 Å². The van der Waals surface area contributed by atoms with Crippen LogP contribution in [0, 0.1) is 0 Å². The van der Waals surface area contributed by atoms with E-state index in [9.17, 15) is 9.59 Å². The van der Waals surface area contributed by atoms with E-state index in [1.54, 1.807) is 48.2 Å². The Kier molecular flexibility index (Phi) is 5.87. The predicted octanol–water partition coefficient (Wildman–Crippen LogP) is 2.72. The fraction of sp³-hybridized carbons (Fsp3) is 0.158. The molecule has 0 saturated heterocycles. The number of allylic oxidation sites excluding steroid dienone is 1. The Morgan fingerprint density at radius 3 is 2.93 bits per heavy atom. The number of amides is 1. The average Bonchev–Trinajstić information content (AvgIpc) is 2.69. The molecule has 2 heterocycles. The molecule has 0 aliphatic carbocycles. The zero-order valence-corrected chi connectivity index (χ0v) is 15.5. The summed E-state index contributed by atoms with van der Waals surface area (Å²) < 4.78 is 6.99. The summed E-state index contributed by atoms with van der Waals surface area (Å²) >= 11 is 1.17. The lowest BCUT2D eigenvalue weighted by atomic mass is 10.3. The lowest BCUT2D eigenvalue weighted by Crippen LogP contribution is -2.19. The summed E-state index contributed by atoms with van der Waals surface area (Å²) in [7, 11) is 1.54. The van der Waals surface area contributed by atoms with Crippen LogP contribution in [0.1, 0.15) is 0 Å². The minimum atomic E-state index is -0.369. The van der Waals surface area contributed by atoms with Crippen molar-refractivity contribution in [3.05, 3.63) is 65.6 Å². The molecule has 8 heteroatoms. The van der Waals surface area contributed by atoms with E-state index in [0.29, 0.717) is 34.2 Å². The summed E-state index contributed by atoms with van der Waals surface area (Å²) in [5, 5.41) is 3.65. The summed E-state index contributed by atoms with van der Waals surface area (Å²) in [5.41, 5.74) is 0.735. The number of carbonyl (C=O) groups is 1. The highest BCUT2D eigenvalue weighted by molar-refractivity contribution is 7.99. The average molecular weight is 382 g/mol. The molecule has 138 valence electrons. The molecular formula is C19H18N4O3S. The van der Waals surface area contributed by atoms with E-state index in [-0.39, 0.29) is 17.2 Å². The van der Waals surface area contributed by atoms with Gasteiger partial charge in [-0.2, -0.15) is 4.98 Å². The Morgan fingerprint density at radius 2 is 2.15 bits per heavy atom. The lowest BCUT2D eigenvalue weighted by molar-refractivity contribution is -0.113. The molecule has 0 radical (unpaired) electrons. The van der Waals surface area contributed by atoms with Crippen molar-refractivity contribution >= 4 is 34.4 Å². The van der Waals surface area contributed by atoms with Gasteiger partial charge in [0.1, 0.15) is 11.4 Å². The van der Waals surface area contributed by atoms with Gasteiger partial charge >= 0.3 is 0 Å². The highest BCUT2D eigenvalue weighted by Crippen LogP contribution is 2.24. The number of carbonyl (C=O) groups excluding carboxylic acids is 1. The number of methoxy groups -OCH3 is 1. The van der Waals surface area contributed by atoms with E-state index in [4.69, 9.17) is 4.74 Å². The number of anilines is 1. The second kappa shape index (κ2) is 8.50. The molecule has 0 aliphatic heterocycles. The number of para-hydroxylation sites is 2. The fourth-order valence-electron chi connectivity index (χ4n) is 2.55. The Labute approximate surface area is 160 Å². The number of nitrogens with zero attached hydrogens (tertiary/aromatic N) is 3. The van der Waals surface area contributed by atoms with E-state index in [1.165, 1.54) is 11.8 Å². The zero-order chi connectivity index (χ0) is 19.2. The number of benzene rings is 1. The molecule has 7 nitrogen and oxygen atoms in total. The van der Waals surface area contributed by atoms with Crippen molar-refractivity contribution in [3.8, 4) is 5.75 Å². The number of thioether (sulfide) groups is 1. The number of fused-ring (bicyclic) bond motifs is 1. The van der Waals surface area contributed by atoms with Crippen LogP contribution >= 0.6 is 11.8 Å². The van der Waals surface area contributed by atoms with Crippen LogP contribution in [0.5, 0.6) is 5.75 Å². The van der Waals surface area contributed by atoms with Crippen molar-refractivity contribution in [3.63, 3.8) is 0 Å². The molecule has 3 aromatic rings. The van der Waals surface area contributed by atoms with Crippen molar-refractivity contribution < 1.29 is 9.53 Å². The number of pyridine rings is 1. The van der Waals surface area contributed by atoms with Crippen LogP contribution in [0.4, 0.5) is 5.69 Å². The SMILES string of the molecule is C=CCn1c(SCC(=O)Nc2ccccc2OC)nc(=O)c2cccnc21. The summed E-state index contributed by atoms with van der Waals surface area (Å²) in [6.07, 6.45) is 3.31. The molecule has 0 spiro atoms. The Hall–Kier alpha value is -3.13. The third kappa shape index (κ3) is 4.17. The quantitative estimate of drug-likeness (QED) is 0.384. The van der Waals surface area contributed by atoms with E-state index < -0.39 is 0 Å². The number of rotatable bonds is 7. The first-order valence-corrected chi connectivity index (χ1v) is 9.14. The van der Waals surface area contributed by atoms with Gasteiger partial charge in [-0.05, 0) is 24.3 Å².